The smallest absolute Gasteiger partial charge is 0.304 e. The van der Waals surface area contributed by atoms with Gasteiger partial charge in [0, 0.05) is 58.8 Å². The second-order valence-corrected chi connectivity index (χ2v) is 7.27. The summed E-state index contributed by atoms with van der Waals surface area (Å²) in [5.41, 5.74) is 1.41. The van der Waals surface area contributed by atoms with Crippen LogP contribution in [-0.4, -0.2) is 72.2 Å². The van der Waals surface area contributed by atoms with Gasteiger partial charge in [0.15, 0.2) is 6.23 Å². The van der Waals surface area contributed by atoms with Gasteiger partial charge in [0.2, 0.25) is 0 Å². The van der Waals surface area contributed by atoms with E-state index in [4.69, 9.17) is 4.74 Å². The van der Waals surface area contributed by atoms with Crippen LogP contribution in [0.3, 0.4) is 0 Å². The summed E-state index contributed by atoms with van der Waals surface area (Å²) in [6, 6.07) is 11.4. The van der Waals surface area contributed by atoms with Crippen molar-refractivity contribution in [2.75, 3.05) is 39.3 Å². The van der Waals surface area contributed by atoms with Crippen molar-refractivity contribution in [3.05, 3.63) is 35.9 Å². The lowest BCUT2D eigenvalue weighted by molar-refractivity contribution is -0.156. The van der Waals surface area contributed by atoms with E-state index in [-0.39, 0.29) is 12.2 Å². The molecule has 2 aliphatic heterocycles. The Morgan fingerprint density at radius 3 is 2.32 bits per heavy atom. The van der Waals surface area contributed by atoms with Gasteiger partial charge < -0.3 is 4.74 Å². The average Bonchev–Trinajstić information content (AvgIpc) is 2.63. The molecule has 0 bridgehead atoms. The fraction of sp³-hybridized carbons (Fsp3) is 0.650. The van der Waals surface area contributed by atoms with Crippen LogP contribution in [0.1, 0.15) is 32.3 Å². The number of carbonyl (C=O) groups is 1. The summed E-state index contributed by atoms with van der Waals surface area (Å²) in [6.07, 6.45) is 2.25. The third-order valence-corrected chi connectivity index (χ3v) is 5.52. The van der Waals surface area contributed by atoms with Crippen molar-refractivity contribution in [2.45, 2.75) is 45.5 Å². The third kappa shape index (κ3) is 5.27. The Kier molecular flexibility index (Phi) is 6.45. The Morgan fingerprint density at radius 1 is 1.08 bits per heavy atom. The first kappa shape index (κ1) is 18.4. The van der Waals surface area contributed by atoms with Crippen LogP contribution in [-0.2, 0) is 16.1 Å². The van der Waals surface area contributed by atoms with E-state index in [1.54, 1.807) is 0 Å². The minimum atomic E-state index is -0.191. The van der Waals surface area contributed by atoms with Crippen molar-refractivity contribution in [3.8, 4) is 0 Å². The summed E-state index contributed by atoms with van der Waals surface area (Å²) in [6.45, 7) is 11.2. The SMILES string of the molecule is CC(=O)OC(C)N1CCC(N2CCN(Cc3ccccc3)CC2)CC1. The third-order valence-electron chi connectivity index (χ3n) is 5.52. The zero-order valence-corrected chi connectivity index (χ0v) is 15.6. The Balaban J connectivity index is 1.40. The van der Waals surface area contributed by atoms with Gasteiger partial charge in [0.25, 0.3) is 0 Å². The second-order valence-electron chi connectivity index (χ2n) is 7.27. The van der Waals surface area contributed by atoms with E-state index in [1.165, 1.54) is 25.3 Å². The van der Waals surface area contributed by atoms with Gasteiger partial charge in [-0.2, -0.15) is 0 Å². The molecule has 138 valence electrons. The Bertz CT molecular complexity index is 535. The molecule has 25 heavy (non-hydrogen) atoms. The van der Waals surface area contributed by atoms with Crippen molar-refractivity contribution in [2.24, 2.45) is 0 Å². The zero-order chi connectivity index (χ0) is 17.6. The number of nitrogens with zero attached hydrogens (tertiary/aromatic N) is 3. The molecular weight excluding hydrogens is 314 g/mol. The molecule has 1 atom stereocenters. The van der Waals surface area contributed by atoms with Crippen LogP contribution in [0, 0.1) is 0 Å². The molecule has 0 radical (unpaired) electrons. The number of piperazine rings is 1. The maximum absolute atomic E-state index is 11.1. The lowest BCUT2D eigenvalue weighted by Crippen LogP contribution is -2.54. The van der Waals surface area contributed by atoms with Gasteiger partial charge in [-0.15, -0.1) is 0 Å². The maximum Gasteiger partial charge on any atom is 0.304 e. The van der Waals surface area contributed by atoms with Crippen LogP contribution < -0.4 is 0 Å². The minimum absolute atomic E-state index is 0.0961. The maximum atomic E-state index is 11.1. The molecule has 0 saturated carbocycles. The highest BCUT2D eigenvalue weighted by atomic mass is 16.6. The van der Waals surface area contributed by atoms with Gasteiger partial charge in [-0.1, -0.05) is 30.3 Å². The second kappa shape index (κ2) is 8.79. The Hall–Kier alpha value is -1.43. The molecule has 5 heteroatoms. The number of esters is 1. The van der Waals surface area contributed by atoms with Gasteiger partial charge in [0.1, 0.15) is 0 Å². The number of piperidine rings is 1. The molecule has 5 nitrogen and oxygen atoms in total. The van der Waals surface area contributed by atoms with Gasteiger partial charge in [-0.05, 0) is 25.3 Å². The summed E-state index contributed by atoms with van der Waals surface area (Å²) in [4.78, 5) is 18.6. The van der Waals surface area contributed by atoms with Crippen LogP contribution in [0.2, 0.25) is 0 Å². The molecule has 1 unspecified atom stereocenters. The topological polar surface area (TPSA) is 36.0 Å². The van der Waals surface area contributed by atoms with Gasteiger partial charge >= 0.3 is 5.97 Å². The van der Waals surface area contributed by atoms with E-state index in [0.29, 0.717) is 6.04 Å². The normalized spacial score (nSPS) is 22.6. The molecule has 1 aromatic carbocycles. The van der Waals surface area contributed by atoms with Gasteiger partial charge in [-0.25, -0.2) is 0 Å². The molecule has 0 aliphatic carbocycles. The van der Waals surface area contributed by atoms with Crippen molar-refractivity contribution in [1.82, 2.24) is 14.7 Å². The number of hydrogen-bond donors (Lipinski definition) is 0. The van der Waals surface area contributed by atoms with Crippen LogP contribution in [0.5, 0.6) is 0 Å². The lowest BCUT2D eigenvalue weighted by Gasteiger charge is -2.43. The molecule has 1 aromatic rings. The van der Waals surface area contributed by atoms with Gasteiger partial charge in [0.05, 0.1) is 0 Å². The zero-order valence-electron chi connectivity index (χ0n) is 15.6. The summed E-state index contributed by atoms with van der Waals surface area (Å²) in [7, 11) is 0. The molecule has 0 N–H and O–H groups in total. The van der Waals surface area contributed by atoms with Crippen molar-refractivity contribution >= 4 is 5.97 Å². The van der Waals surface area contributed by atoms with E-state index >= 15 is 0 Å². The number of hydrogen-bond acceptors (Lipinski definition) is 5. The van der Waals surface area contributed by atoms with Crippen LogP contribution in [0.4, 0.5) is 0 Å². The van der Waals surface area contributed by atoms with Crippen molar-refractivity contribution in [3.63, 3.8) is 0 Å². The van der Waals surface area contributed by atoms with Crippen LogP contribution in [0.15, 0.2) is 30.3 Å². The minimum Gasteiger partial charge on any atom is -0.447 e. The first-order valence-corrected chi connectivity index (χ1v) is 9.53. The molecule has 0 aromatic heterocycles. The first-order valence-electron chi connectivity index (χ1n) is 9.53. The number of ether oxygens (including phenoxy) is 1. The number of benzene rings is 1. The molecular formula is C20H31N3O2. The van der Waals surface area contributed by atoms with E-state index in [9.17, 15) is 4.79 Å². The van der Waals surface area contributed by atoms with Crippen molar-refractivity contribution < 1.29 is 9.53 Å². The average molecular weight is 345 g/mol. The first-order chi connectivity index (χ1) is 12.1. The van der Waals surface area contributed by atoms with Crippen LogP contribution in [0.25, 0.3) is 0 Å². The summed E-state index contributed by atoms with van der Waals surface area (Å²) in [5.74, 6) is -0.191. The monoisotopic (exact) mass is 345 g/mol. The van der Waals surface area contributed by atoms with E-state index in [2.05, 4.69) is 45.0 Å². The van der Waals surface area contributed by atoms with E-state index < -0.39 is 0 Å². The van der Waals surface area contributed by atoms with Crippen LogP contribution >= 0.6 is 0 Å². The molecule has 2 heterocycles. The largest absolute Gasteiger partial charge is 0.447 e. The number of carbonyl (C=O) groups excluding carboxylic acids is 1. The number of rotatable bonds is 5. The summed E-state index contributed by atoms with van der Waals surface area (Å²) >= 11 is 0. The molecule has 0 spiro atoms. The summed E-state index contributed by atoms with van der Waals surface area (Å²) < 4.78 is 5.31. The molecule has 2 aliphatic rings. The summed E-state index contributed by atoms with van der Waals surface area (Å²) in [5, 5.41) is 0. The Labute approximate surface area is 151 Å². The predicted molar refractivity (Wildman–Crippen MR) is 99.1 cm³/mol. The van der Waals surface area contributed by atoms with E-state index in [1.807, 2.05) is 6.92 Å². The molecule has 2 fully saturated rings. The van der Waals surface area contributed by atoms with E-state index in [0.717, 1.165) is 45.8 Å². The highest BCUT2D eigenvalue weighted by molar-refractivity contribution is 5.66. The fourth-order valence-electron chi connectivity index (χ4n) is 4.06. The lowest BCUT2D eigenvalue weighted by atomic mass is 10.0. The fourth-order valence-corrected chi connectivity index (χ4v) is 4.06. The molecule has 0 amide bonds. The highest BCUT2D eigenvalue weighted by Crippen LogP contribution is 2.20. The Morgan fingerprint density at radius 2 is 1.72 bits per heavy atom. The standard InChI is InChI=1S/C20H31N3O2/c1-17(25-18(2)24)22-10-8-20(9-11-22)23-14-12-21(13-15-23)16-19-6-4-3-5-7-19/h3-7,17,20H,8-16H2,1-2H3. The molecule has 2 saturated heterocycles. The predicted octanol–water partition coefficient (Wildman–Crippen LogP) is 2.18. The molecule has 3 rings (SSSR count). The van der Waals surface area contributed by atoms with Gasteiger partial charge in [-0.3, -0.25) is 19.5 Å². The quantitative estimate of drug-likeness (QED) is 0.765. The highest BCUT2D eigenvalue weighted by Gasteiger charge is 2.29. The van der Waals surface area contributed by atoms with Crippen molar-refractivity contribution in [1.29, 1.82) is 0 Å². The number of likely N-dealkylation sites (tertiary alicyclic amines) is 1.